The maximum Gasteiger partial charge on any atom is 0.250 e. The molecular weight excluding hydrogens is 377 g/mol. The average molecular weight is 402 g/mol. The zero-order valence-corrected chi connectivity index (χ0v) is 16.6. The number of amides is 1. The second-order valence-corrected chi connectivity index (χ2v) is 7.49. The van der Waals surface area contributed by atoms with Crippen molar-refractivity contribution in [3.63, 3.8) is 0 Å². The lowest BCUT2D eigenvalue weighted by Gasteiger charge is -2.34. The highest BCUT2D eigenvalue weighted by Gasteiger charge is 2.25. The van der Waals surface area contributed by atoms with Crippen LogP contribution in [-0.2, 0) is 9.53 Å². The molecule has 1 aliphatic heterocycles. The van der Waals surface area contributed by atoms with Crippen LogP contribution in [-0.4, -0.2) is 48.6 Å². The molecule has 1 aliphatic rings. The molecule has 0 saturated carbocycles. The smallest absolute Gasteiger partial charge is 0.250 e. The third-order valence-corrected chi connectivity index (χ3v) is 5.52. The zero-order chi connectivity index (χ0) is 19.8. The first-order valence-electron chi connectivity index (χ1n) is 9.22. The number of benzene rings is 2. The van der Waals surface area contributed by atoms with E-state index in [4.69, 9.17) is 4.74 Å². The summed E-state index contributed by atoms with van der Waals surface area (Å²) in [6.45, 7) is 4.90. The van der Waals surface area contributed by atoms with E-state index in [0.717, 1.165) is 36.1 Å². The summed E-state index contributed by atoms with van der Waals surface area (Å²) in [5.74, 6) is -0.483. The number of morpholine rings is 1. The molecule has 0 aromatic heterocycles. The molecule has 1 N–H and O–H groups in total. The molecule has 0 radical (unpaired) electrons. The summed E-state index contributed by atoms with van der Waals surface area (Å²) < 4.78 is 19.1. The predicted molar refractivity (Wildman–Crippen MR) is 110 cm³/mol. The van der Waals surface area contributed by atoms with Gasteiger partial charge < -0.3 is 4.74 Å². The Kier molecular flexibility index (Phi) is 7.59. The number of rotatable bonds is 7. The number of hydrogen-bond acceptors (Lipinski definition) is 5. The minimum atomic E-state index is -0.323. The monoisotopic (exact) mass is 401 g/mol. The fourth-order valence-corrected chi connectivity index (χ4v) is 3.87. The molecule has 0 unspecified atom stereocenters. The highest BCUT2D eigenvalue weighted by molar-refractivity contribution is 8.00. The van der Waals surface area contributed by atoms with E-state index < -0.39 is 0 Å². The topological polar surface area (TPSA) is 53.9 Å². The lowest BCUT2D eigenvalue weighted by atomic mass is 10.0. The van der Waals surface area contributed by atoms with Crippen LogP contribution in [0.1, 0.15) is 18.5 Å². The van der Waals surface area contributed by atoms with Crippen molar-refractivity contribution in [1.82, 2.24) is 10.3 Å². The first kappa shape index (κ1) is 20.5. The van der Waals surface area contributed by atoms with Crippen molar-refractivity contribution in [1.29, 1.82) is 0 Å². The molecule has 7 heteroatoms. The van der Waals surface area contributed by atoms with Gasteiger partial charge in [0.2, 0.25) is 5.91 Å². The van der Waals surface area contributed by atoms with Crippen LogP contribution in [0.4, 0.5) is 4.39 Å². The minimum Gasteiger partial charge on any atom is -0.379 e. The van der Waals surface area contributed by atoms with Crippen LogP contribution >= 0.6 is 11.8 Å². The summed E-state index contributed by atoms with van der Waals surface area (Å²) >= 11 is 1.16. The molecule has 5 nitrogen and oxygen atoms in total. The SMILES string of the molecule is C/C(=N/NC(=O)CSc1ccccc1F)[C@@H](c1ccccc1)N1CCOCC1. The molecule has 3 rings (SSSR count). The number of ether oxygens (including phenoxy) is 1. The van der Waals surface area contributed by atoms with Gasteiger partial charge in [-0.15, -0.1) is 11.8 Å². The van der Waals surface area contributed by atoms with Gasteiger partial charge in [0, 0.05) is 18.0 Å². The van der Waals surface area contributed by atoms with Gasteiger partial charge >= 0.3 is 0 Å². The molecular formula is C21H24FN3O2S. The van der Waals surface area contributed by atoms with Crippen molar-refractivity contribution in [3.8, 4) is 0 Å². The highest BCUT2D eigenvalue weighted by atomic mass is 32.2. The van der Waals surface area contributed by atoms with E-state index >= 15 is 0 Å². The van der Waals surface area contributed by atoms with E-state index in [9.17, 15) is 9.18 Å². The Bertz CT molecular complexity index is 810. The molecule has 0 spiro atoms. The second-order valence-electron chi connectivity index (χ2n) is 6.47. The van der Waals surface area contributed by atoms with Crippen LogP contribution in [0.3, 0.4) is 0 Å². The van der Waals surface area contributed by atoms with Crippen molar-refractivity contribution in [2.75, 3.05) is 32.1 Å². The van der Waals surface area contributed by atoms with Crippen molar-refractivity contribution in [2.45, 2.75) is 17.9 Å². The largest absolute Gasteiger partial charge is 0.379 e. The second kappa shape index (κ2) is 10.4. The predicted octanol–water partition coefficient (Wildman–Crippen LogP) is 3.48. The third kappa shape index (κ3) is 5.64. The van der Waals surface area contributed by atoms with E-state index in [-0.39, 0.29) is 23.5 Å². The Morgan fingerprint density at radius 1 is 1.18 bits per heavy atom. The number of carbonyl (C=O) groups excluding carboxylic acids is 1. The molecule has 28 heavy (non-hydrogen) atoms. The number of nitrogens with zero attached hydrogens (tertiary/aromatic N) is 2. The highest BCUT2D eigenvalue weighted by Crippen LogP contribution is 2.24. The number of hydrogen-bond donors (Lipinski definition) is 1. The Hall–Kier alpha value is -2.22. The van der Waals surface area contributed by atoms with Gasteiger partial charge in [0.1, 0.15) is 5.82 Å². The fraction of sp³-hybridized carbons (Fsp3) is 0.333. The van der Waals surface area contributed by atoms with Gasteiger partial charge in [0.15, 0.2) is 0 Å². The Labute approximate surface area is 169 Å². The average Bonchev–Trinajstić information content (AvgIpc) is 2.73. The van der Waals surface area contributed by atoms with E-state index in [1.54, 1.807) is 18.2 Å². The van der Waals surface area contributed by atoms with E-state index in [2.05, 4.69) is 27.6 Å². The summed E-state index contributed by atoms with van der Waals surface area (Å²) in [7, 11) is 0. The van der Waals surface area contributed by atoms with E-state index in [1.807, 2.05) is 25.1 Å². The van der Waals surface area contributed by atoms with Gasteiger partial charge in [-0.1, -0.05) is 42.5 Å². The number of hydrazone groups is 1. The van der Waals surface area contributed by atoms with Crippen LogP contribution in [0.2, 0.25) is 0 Å². The van der Waals surface area contributed by atoms with Crippen molar-refractivity contribution in [2.24, 2.45) is 5.10 Å². The number of halogens is 1. The third-order valence-electron chi connectivity index (χ3n) is 4.47. The van der Waals surface area contributed by atoms with Crippen LogP contribution in [0, 0.1) is 5.82 Å². The molecule has 0 aliphatic carbocycles. The number of thioether (sulfide) groups is 1. The Morgan fingerprint density at radius 3 is 2.57 bits per heavy atom. The molecule has 2 aromatic rings. The van der Waals surface area contributed by atoms with E-state index in [0.29, 0.717) is 18.1 Å². The number of nitrogens with one attached hydrogen (secondary N) is 1. The lowest BCUT2D eigenvalue weighted by Crippen LogP contribution is -2.42. The molecule has 1 atom stereocenters. The minimum absolute atomic E-state index is 0.0235. The summed E-state index contributed by atoms with van der Waals surface area (Å²) in [6, 6.07) is 16.5. The summed E-state index contributed by atoms with van der Waals surface area (Å²) in [5, 5.41) is 4.34. The van der Waals surface area contributed by atoms with Gasteiger partial charge in [-0.05, 0) is 24.6 Å². The van der Waals surface area contributed by atoms with Gasteiger partial charge in [-0.25, -0.2) is 9.82 Å². The van der Waals surface area contributed by atoms with Gasteiger partial charge in [-0.2, -0.15) is 5.10 Å². The maximum atomic E-state index is 13.7. The summed E-state index contributed by atoms with van der Waals surface area (Å²) in [4.78, 5) is 14.9. The van der Waals surface area contributed by atoms with Crippen molar-refractivity contribution in [3.05, 3.63) is 66.0 Å². The van der Waals surface area contributed by atoms with Crippen molar-refractivity contribution < 1.29 is 13.9 Å². The molecule has 148 valence electrons. The molecule has 1 heterocycles. The van der Waals surface area contributed by atoms with E-state index in [1.165, 1.54) is 6.07 Å². The maximum absolute atomic E-state index is 13.7. The molecule has 0 bridgehead atoms. The van der Waals surface area contributed by atoms with Gasteiger partial charge in [0.25, 0.3) is 0 Å². The molecule has 1 saturated heterocycles. The van der Waals surface area contributed by atoms with Crippen LogP contribution in [0.5, 0.6) is 0 Å². The fourth-order valence-electron chi connectivity index (χ4n) is 3.14. The summed E-state index contributed by atoms with van der Waals surface area (Å²) in [6.07, 6.45) is 0. The lowest BCUT2D eigenvalue weighted by molar-refractivity contribution is -0.118. The first-order chi connectivity index (χ1) is 13.6. The van der Waals surface area contributed by atoms with Gasteiger partial charge in [0.05, 0.1) is 30.7 Å². The molecule has 1 fully saturated rings. The van der Waals surface area contributed by atoms with Crippen molar-refractivity contribution >= 4 is 23.4 Å². The molecule has 2 aromatic carbocycles. The van der Waals surface area contributed by atoms with Crippen LogP contribution in [0.25, 0.3) is 0 Å². The number of carbonyl (C=O) groups is 1. The van der Waals surface area contributed by atoms with Crippen LogP contribution in [0.15, 0.2) is 64.6 Å². The van der Waals surface area contributed by atoms with Crippen LogP contribution < -0.4 is 5.43 Å². The van der Waals surface area contributed by atoms with Gasteiger partial charge in [-0.3, -0.25) is 9.69 Å². The summed E-state index contributed by atoms with van der Waals surface area (Å²) in [5.41, 5.74) is 4.54. The Balaban J connectivity index is 1.64. The normalized spacial score (nSPS) is 16.6. The Morgan fingerprint density at radius 2 is 1.86 bits per heavy atom. The zero-order valence-electron chi connectivity index (χ0n) is 15.8. The molecule has 1 amide bonds. The first-order valence-corrected chi connectivity index (χ1v) is 10.2. The quantitative estimate of drug-likeness (QED) is 0.438. The standard InChI is InChI=1S/C21H24FN3O2S/c1-16(23-24-20(26)15-28-19-10-6-5-9-18(19)22)21(17-7-3-2-4-8-17)25-11-13-27-14-12-25/h2-10,21H,11-15H2,1H3,(H,24,26)/b23-16-/t21-/m0/s1.